The fourth-order valence-electron chi connectivity index (χ4n) is 3.32. The van der Waals surface area contributed by atoms with Gasteiger partial charge in [0.25, 0.3) is 0 Å². The number of aromatic nitrogens is 3. The molecule has 0 aliphatic rings. The van der Waals surface area contributed by atoms with Gasteiger partial charge in [0.05, 0.1) is 18.2 Å². The molecule has 3 rings (SSSR count). The smallest absolute Gasteiger partial charge is 0.348 e. The van der Waals surface area contributed by atoms with Gasteiger partial charge in [-0.2, -0.15) is 13.2 Å². The van der Waals surface area contributed by atoms with E-state index >= 15 is 0 Å². The molecule has 0 fully saturated rings. The highest BCUT2D eigenvalue weighted by Gasteiger charge is 2.31. The first-order valence-electron chi connectivity index (χ1n) is 9.97. The zero-order valence-corrected chi connectivity index (χ0v) is 18.2. The molecule has 0 bridgehead atoms. The van der Waals surface area contributed by atoms with Crippen LogP contribution in [0.1, 0.15) is 30.5 Å². The monoisotopic (exact) mass is 480 g/mol. The third-order valence-electron chi connectivity index (χ3n) is 4.94. The SMILES string of the molecule is CCC(NC(=O)Cn1nc(-c2ccc(Cl)cc2)n(CC=O)c1=O)c1cccc(C(F)(F)F)c1. The van der Waals surface area contributed by atoms with Crippen LogP contribution >= 0.6 is 11.6 Å². The van der Waals surface area contributed by atoms with Gasteiger partial charge in [0.15, 0.2) is 5.82 Å². The average Bonchev–Trinajstić information content (AvgIpc) is 3.07. The van der Waals surface area contributed by atoms with E-state index in [9.17, 15) is 27.6 Å². The molecule has 0 spiro atoms. The van der Waals surface area contributed by atoms with Gasteiger partial charge < -0.3 is 10.1 Å². The van der Waals surface area contributed by atoms with Crippen LogP contribution in [-0.2, 0) is 28.9 Å². The molecule has 174 valence electrons. The molecule has 3 aromatic rings. The second-order valence-electron chi connectivity index (χ2n) is 7.20. The lowest BCUT2D eigenvalue weighted by Crippen LogP contribution is -2.35. The normalized spacial score (nSPS) is 12.4. The van der Waals surface area contributed by atoms with Gasteiger partial charge in [-0.1, -0.05) is 30.7 Å². The fourth-order valence-corrected chi connectivity index (χ4v) is 3.45. The number of amides is 1. The molecule has 2 aromatic carbocycles. The minimum Gasteiger partial charge on any atom is -0.348 e. The molecule has 1 atom stereocenters. The summed E-state index contributed by atoms with van der Waals surface area (Å²) >= 11 is 5.89. The first-order chi connectivity index (χ1) is 15.6. The maximum absolute atomic E-state index is 13.0. The molecule has 0 radical (unpaired) electrons. The van der Waals surface area contributed by atoms with Crippen LogP contribution in [0.4, 0.5) is 13.2 Å². The van der Waals surface area contributed by atoms with Crippen molar-refractivity contribution in [2.24, 2.45) is 0 Å². The van der Waals surface area contributed by atoms with Crippen LogP contribution in [0.2, 0.25) is 5.02 Å². The summed E-state index contributed by atoms with van der Waals surface area (Å²) in [4.78, 5) is 36.4. The van der Waals surface area contributed by atoms with Crippen LogP contribution in [0.3, 0.4) is 0 Å². The minimum absolute atomic E-state index is 0.182. The lowest BCUT2D eigenvalue weighted by molar-refractivity contribution is -0.137. The summed E-state index contributed by atoms with van der Waals surface area (Å²) in [7, 11) is 0. The van der Waals surface area contributed by atoms with Crippen molar-refractivity contribution >= 4 is 23.8 Å². The van der Waals surface area contributed by atoms with E-state index in [1.807, 2.05) is 0 Å². The molecule has 7 nitrogen and oxygen atoms in total. The van der Waals surface area contributed by atoms with Crippen molar-refractivity contribution in [1.82, 2.24) is 19.7 Å². The summed E-state index contributed by atoms with van der Waals surface area (Å²) in [6, 6.07) is 10.5. The number of carbonyl (C=O) groups excluding carboxylic acids is 2. The number of aldehydes is 1. The summed E-state index contributed by atoms with van der Waals surface area (Å²) in [5, 5.41) is 7.29. The van der Waals surface area contributed by atoms with Gasteiger partial charge >= 0.3 is 11.9 Å². The Kier molecular flexibility index (Phi) is 7.37. The highest BCUT2D eigenvalue weighted by Crippen LogP contribution is 2.31. The van der Waals surface area contributed by atoms with Crippen LogP contribution < -0.4 is 11.0 Å². The Bertz CT molecular complexity index is 1200. The Labute approximate surface area is 191 Å². The van der Waals surface area contributed by atoms with E-state index < -0.39 is 35.9 Å². The maximum Gasteiger partial charge on any atom is 0.416 e. The molecule has 1 unspecified atom stereocenters. The van der Waals surface area contributed by atoms with E-state index in [1.54, 1.807) is 31.2 Å². The average molecular weight is 481 g/mol. The summed E-state index contributed by atoms with van der Waals surface area (Å²) < 4.78 is 41.1. The lowest BCUT2D eigenvalue weighted by atomic mass is 10.0. The number of hydrogen-bond donors (Lipinski definition) is 1. The first-order valence-corrected chi connectivity index (χ1v) is 10.4. The van der Waals surface area contributed by atoms with Crippen LogP contribution in [0, 0.1) is 0 Å². The number of carbonyl (C=O) groups is 2. The number of alkyl halides is 3. The van der Waals surface area contributed by atoms with Gasteiger partial charge in [-0.3, -0.25) is 9.36 Å². The van der Waals surface area contributed by atoms with Crippen molar-refractivity contribution < 1.29 is 22.8 Å². The molecule has 0 saturated heterocycles. The van der Waals surface area contributed by atoms with E-state index in [-0.39, 0.29) is 12.4 Å². The first kappa shape index (κ1) is 24.2. The molecular weight excluding hydrogens is 461 g/mol. The molecule has 1 amide bonds. The number of halogens is 4. The standard InChI is InChI=1S/C22H20ClF3N4O3/c1-2-18(15-4-3-5-16(12-15)22(24,25)26)27-19(32)13-30-21(33)29(10-11-31)20(28-30)14-6-8-17(23)9-7-14/h3-9,11-12,18H,2,10,13H2,1H3,(H,27,32). The third-order valence-corrected chi connectivity index (χ3v) is 5.19. The molecule has 1 N–H and O–H groups in total. The van der Waals surface area contributed by atoms with E-state index in [0.717, 1.165) is 21.4 Å². The molecular formula is C22H20ClF3N4O3. The topological polar surface area (TPSA) is 86.0 Å². The van der Waals surface area contributed by atoms with Crippen LogP contribution in [0.25, 0.3) is 11.4 Å². The van der Waals surface area contributed by atoms with Crippen molar-refractivity contribution in [2.75, 3.05) is 0 Å². The Balaban J connectivity index is 1.83. The molecule has 1 heterocycles. The summed E-state index contributed by atoms with van der Waals surface area (Å²) in [5.41, 5.74) is -0.673. The van der Waals surface area contributed by atoms with Crippen molar-refractivity contribution in [2.45, 2.75) is 38.7 Å². The van der Waals surface area contributed by atoms with E-state index in [4.69, 9.17) is 11.6 Å². The van der Waals surface area contributed by atoms with Crippen molar-refractivity contribution in [3.8, 4) is 11.4 Å². The van der Waals surface area contributed by atoms with E-state index in [2.05, 4.69) is 10.4 Å². The summed E-state index contributed by atoms with van der Waals surface area (Å²) in [6.07, 6.45) is -3.64. The number of rotatable bonds is 8. The predicted octanol–water partition coefficient (Wildman–Crippen LogP) is 3.85. The number of nitrogens with one attached hydrogen (secondary N) is 1. The minimum atomic E-state index is -4.50. The zero-order chi connectivity index (χ0) is 24.2. The van der Waals surface area contributed by atoms with E-state index in [0.29, 0.717) is 28.9 Å². The van der Waals surface area contributed by atoms with Crippen LogP contribution in [-0.4, -0.2) is 26.5 Å². The second-order valence-corrected chi connectivity index (χ2v) is 7.64. The molecule has 0 aliphatic carbocycles. The van der Waals surface area contributed by atoms with Gasteiger partial charge in [-0.15, -0.1) is 5.10 Å². The third kappa shape index (κ3) is 5.70. The van der Waals surface area contributed by atoms with Crippen LogP contribution in [0.15, 0.2) is 53.3 Å². The number of hydrogen-bond acceptors (Lipinski definition) is 4. The molecule has 11 heteroatoms. The highest BCUT2D eigenvalue weighted by molar-refractivity contribution is 6.30. The van der Waals surface area contributed by atoms with Gasteiger partial charge in [-0.25, -0.2) is 9.48 Å². The lowest BCUT2D eigenvalue weighted by Gasteiger charge is -2.18. The van der Waals surface area contributed by atoms with Crippen LogP contribution in [0.5, 0.6) is 0 Å². The molecule has 33 heavy (non-hydrogen) atoms. The fraction of sp³-hybridized carbons (Fsp3) is 0.273. The van der Waals surface area contributed by atoms with Crippen molar-refractivity contribution in [3.05, 3.63) is 75.2 Å². The van der Waals surface area contributed by atoms with Gasteiger partial charge in [-0.05, 0) is 48.4 Å². The Morgan fingerprint density at radius 2 is 1.91 bits per heavy atom. The second kappa shape index (κ2) is 10.0. The number of nitrogens with zero attached hydrogens (tertiary/aromatic N) is 3. The van der Waals surface area contributed by atoms with Gasteiger partial charge in [0.2, 0.25) is 5.91 Å². The Morgan fingerprint density at radius 3 is 2.52 bits per heavy atom. The summed E-state index contributed by atoms with van der Waals surface area (Å²) in [6.45, 7) is 0.982. The molecule has 0 aliphatic heterocycles. The summed E-state index contributed by atoms with van der Waals surface area (Å²) in [5.74, 6) is -0.429. The highest BCUT2D eigenvalue weighted by atomic mass is 35.5. The van der Waals surface area contributed by atoms with Crippen molar-refractivity contribution in [3.63, 3.8) is 0 Å². The number of benzene rings is 2. The zero-order valence-electron chi connectivity index (χ0n) is 17.5. The molecule has 0 saturated carbocycles. The Morgan fingerprint density at radius 1 is 1.21 bits per heavy atom. The van der Waals surface area contributed by atoms with E-state index in [1.165, 1.54) is 12.1 Å². The van der Waals surface area contributed by atoms with Crippen molar-refractivity contribution in [1.29, 1.82) is 0 Å². The van der Waals surface area contributed by atoms with Gasteiger partial charge in [0.1, 0.15) is 12.8 Å². The maximum atomic E-state index is 13.0. The Hall–Kier alpha value is -3.40. The largest absolute Gasteiger partial charge is 0.416 e. The molecule has 1 aromatic heterocycles. The quantitative estimate of drug-likeness (QED) is 0.496. The predicted molar refractivity (Wildman–Crippen MR) is 116 cm³/mol. The van der Waals surface area contributed by atoms with Gasteiger partial charge in [0, 0.05) is 10.6 Å².